The first-order chi connectivity index (χ1) is 11.5. The lowest BCUT2D eigenvalue weighted by Crippen LogP contribution is -2.13. The highest BCUT2D eigenvalue weighted by Crippen LogP contribution is 2.14. The van der Waals surface area contributed by atoms with Gasteiger partial charge in [0.25, 0.3) is 12.3 Å². The van der Waals surface area contributed by atoms with Gasteiger partial charge in [0.2, 0.25) is 5.88 Å². The van der Waals surface area contributed by atoms with E-state index in [9.17, 15) is 13.6 Å². The molecule has 3 aromatic rings. The van der Waals surface area contributed by atoms with Crippen LogP contribution in [-0.2, 0) is 0 Å². The van der Waals surface area contributed by atoms with Gasteiger partial charge in [-0.2, -0.15) is 5.10 Å². The maximum absolute atomic E-state index is 12.3. The Morgan fingerprint density at radius 1 is 1.38 bits per heavy atom. The number of carbonyl (C=O) groups is 1. The third-order valence-corrected chi connectivity index (χ3v) is 3.05. The van der Waals surface area contributed by atoms with Gasteiger partial charge < -0.3 is 10.1 Å². The number of nitrogens with zero attached hydrogens (tertiary/aromatic N) is 4. The van der Waals surface area contributed by atoms with Crippen LogP contribution in [0.5, 0.6) is 5.88 Å². The number of aryl methyl sites for hydroxylation is 1. The number of halogens is 2. The third-order valence-electron chi connectivity index (χ3n) is 3.05. The van der Waals surface area contributed by atoms with E-state index < -0.39 is 18.9 Å². The van der Waals surface area contributed by atoms with Crippen molar-refractivity contribution in [2.45, 2.75) is 13.3 Å². The molecule has 3 rings (SSSR count). The molecule has 7 nitrogen and oxygen atoms in total. The summed E-state index contributed by atoms with van der Waals surface area (Å²) < 4.78 is 30.7. The van der Waals surface area contributed by atoms with Crippen molar-refractivity contribution in [3.8, 4) is 5.88 Å². The van der Waals surface area contributed by atoms with E-state index in [4.69, 9.17) is 4.74 Å². The van der Waals surface area contributed by atoms with Gasteiger partial charge in [0.1, 0.15) is 5.82 Å². The average Bonchev–Trinajstić information content (AvgIpc) is 2.92. The van der Waals surface area contributed by atoms with E-state index in [-0.39, 0.29) is 11.4 Å². The Labute approximate surface area is 135 Å². The van der Waals surface area contributed by atoms with Crippen LogP contribution in [0.1, 0.15) is 16.2 Å². The van der Waals surface area contributed by atoms with Gasteiger partial charge in [-0.05, 0) is 25.1 Å². The number of nitrogens with one attached hydrogen (secondary N) is 1. The van der Waals surface area contributed by atoms with E-state index in [1.54, 1.807) is 29.8 Å². The molecule has 1 amide bonds. The van der Waals surface area contributed by atoms with Crippen molar-refractivity contribution in [3.63, 3.8) is 0 Å². The number of rotatable bonds is 5. The molecule has 0 unspecified atom stereocenters. The van der Waals surface area contributed by atoms with E-state index in [0.29, 0.717) is 17.2 Å². The molecular formula is C15H13F2N5O2. The van der Waals surface area contributed by atoms with Crippen LogP contribution >= 0.6 is 0 Å². The molecule has 0 aliphatic carbocycles. The fraction of sp³-hybridized carbons (Fsp3) is 0.200. The predicted octanol–water partition coefficient (Wildman–Crippen LogP) is 2.33. The first kappa shape index (κ1) is 15.8. The van der Waals surface area contributed by atoms with Crippen LogP contribution < -0.4 is 10.1 Å². The van der Waals surface area contributed by atoms with Crippen LogP contribution in [0.15, 0.2) is 36.7 Å². The Hall–Kier alpha value is -3.10. The second-order valence-electron chi connectivity index (χ2n) is 4.92. The number of anilines is 1. The maximum Gasteiger partial charge on any atom is 0.272 e. The lowest BCUT2D eigenvalue weighted by atomic mass is 10.2. The molecule has 0 saturated heterocycles. The minimum absolute atomic E-state index is 0.0368. The highest BCUT2D eigenvalue weighted by molar-refractivity contribution is 6.04. The molecule has 3 aromatic heterocycles. The van der Waals surface area contributed by atoms with Crippen molar-refractivity contribution in [1.29, 1.82) is 0 Å². The zero-order chi connectivity index (χ0) is 17.1. The largest absolute Gasteiger partial charge is 0.472 e. The molecule has 0 saturated carbocycles. The normalized spacial score (nSPS) is 11.0. The summed E-state index contributed by atoms with van der Waals surface area (Å²) >= 11 is 0. The first-order valence-electron chi connectivity index (χ1n) is 7.02. The number of alkyl halides is 2. The molecule has 0 aliphatic heterocycles. The number of pyridine rings is 2. The summed E-state index contributed by atoms with van der Waals surface area (Å²) in [6, 6.07) is 6.18. The quantitative estimate of drug-likeness (QED) is 0.775. The van der Waals surface area contributed by atoms with Crippen molar-refractivity contribution in [3.05, 3.63) is 48.0 Å². The zero-order valence-electron chi connectivity index (χ0n) is 12.6. The van der Waals surface area contributed by atoms with Gasteiger partial charge >= 0.3 is 0 Å². The Kier molecular flexibility index (Phi) is 4.32. The van der Waals surface area contributed by atoms with Gasteiger partial charge in [0.05, 0.1) is 11.9 Å². The van der Waals surface area contributed by atoms with Crippen LogP contribution in [0.4, 0.5) is 14.5 Å². The number of hydrogen-bond donors (Lipinski definition) is 1. The summed E-state index contributed by atoms with van der Waals surface area (Å²) in [6.45, 7) is 0.990. The topological polar surface area (TPSA) is 81.4 Å². The van der Waals surface area contributed by atoms with Crippen LogP contribution in [0.2, 0.25) is 0 Å². The highest BCUT2D eigenvalue weighted by atomic mass is 19.3. The lowest BCUT2D eigenvalue weighted by Gasteiger charge is -2.08. The van der Waals surface area contributed by atoms with Crippen molar-refractivity contribution in [2.24, 2.45) is 0 Å². The summed E-state index contributed by atoms with van der Waals surface area (Å²) in [5.41, 5.74) is 1.42. The molecule has 0 bridgehead atoms. The number of carbonyl (C=O) groups excluding carboxylic acids is 1. The molecule has 0 fully saturated rings. The van der Waals surface area contributed by atoms with Crippen LogP contribution in [-0.4, -0.2) is 38.5 Å². The van der Waals surface area contributed by atoms with Crippen LogP contribution in [0, 0.1) is 6.92 Å². The van der Waals surface area contributed by atoms with Crippen molar-refractivity contribution >= 4 is 17.2 Å². The van der Waals surface area contributed by atoms with Gasteiger partial charge in [0.15, 0.2) is 12.3 Å². The van der Waals surface area contributed by atoms with E-state index in [2.05, 4.69) is 20.4 Å². The second-order valence-corrected chi connectivity index (χ2v) is 4.92. The first-order valence-corrected chi connectivity index (χ1v) is 7.02. The fourth-order valence-corrected chi connectivity index (χ4v) is 2.05. The Morgan fingerprint density at radius 3 is 3.00 bits per heavy atom. The third kappa shape index (κ3) is 3.62. The summed E-state index contributed by atoms with van der Waals surface area (Å²) in [5, 5.41) is 6.85. The zero-order valence-corrected chi connectivity index (χ0v) is 12.6. The molecule has 0 aliphatic rings. The van der Waals surface area contributed by atoms with Crippen molar-refractivity contribution in [2.75, 3.05) is 11.9 Å². The van der Waals surface area contributed by atoms with Gasteiger partial charge in [0, 0.05) is 17.8 Å². The van der Waals surface area contributed by atoms with Gasteiger partial charge in [-0.25, -0.2) is 23.3 Å². The van der Waals surface area contributed by atoms with E-state index in [0.717, 1.165) is 0 Å². The van der Waals surface area contributed by atoms with Crippen LogP contribution in [0.3, 0.4) is 0 Å². The standard InChI is InChI=1S/C15H13F2N5O2/c1-9-19-13-3-2-11(7-22(13)21-9)20-15(23)10-4-5-18-14(6-10)24-8-12(16)17/h2-7,12H,8H2,1H3,(H,20,23). The maximum atomic E-state index is 12.3. The molecule has 1 N–H and O–H groups in total. The molecule has 3 heterocycles. The summed E-state index contributed by atoms with van der Waals surface area (Å²) in [4.78, 5) is 20.2. The fourth-order valence-electron chi connectivity index (χ4n) is 2.05. The molecule has 124 valence electrons. The average molecular weight is 333 g/mol. The molecule has 24 heavy (non-hydrogen) atoms. The lowest BCUT2D eigenvalue weighted by molar-refractivity contribution is 0.0795. The molecule has 9 heteroatoms. The minimum atomic E-state index is -2.61. The van der Waals surface area contributed by atoms with Gasteiger partial charge in [-0.1, -0.05) is 0 Å². The monoisotopic (exact) mass is 333 g/mol. The number of hydrogen-bond acceptors (Lipinski definition) is 5. The van der Waals surface area contributed by atoms with E-state index in [1.807, 2.05) is 0 Å². The van der Waals surface area contributed by atoms with E-state index >= 15 is 0 Å². The number of aromatic nitrogens is 4. The second kappa shape index (κ2) is 6.57. The Morgan fingerprint density at radius 2 is 2.21 bits per heavy atom. The van der Waals surface area contributed by atoms with Crippen molar-refractivity contribution < 1.29 is 18.3 Å². The molecule has 0 radical (unpaired) electrons. The number of fused-ring (bicyclic) bond motifs is 1. The smallest absolute Gasteiger partial charge is 0.272 e. The SMILES string of the molecule is Cc1nc2ccc(NC(=O)c3ccnc(OCC(F)F)c3)cn2n1. The molecular weight excluding hydrogens is 320 g/mol. The van der Waals surface area contributed by atoms with Gasteiger partial charge in [-0.15, -0.1) is 0 Å². The Balaban J connectivity index is 1.74. The van der Waals surface area contributed by atoms with E-state index in [1.165, 1.54) is 18.3 Å². The molecule has 0 aromatic carbocycles. The molecule has 0 spiro atoms. The van der Waals surface area contributed by atoms with Crippen molar-refractivity contribution in [1.82, 2.24) is 19.6 Å². The van der Waals surface area contributed by atoms with Crippen LogP contribution in [0.25, 0.3) is 5.65 Å². The summed E-state index contributed by atoms with van der Waals surface area (Å²) in [5.74, 6) is 0.161. The molecule has 0 atom stereocenters. The van der Waals surface area contributed by atoms with Gasteiger partial charge in [-0.3, -0.25) is 4.79 Å². The minimum Gasteiger partial charge on any atom is -0.472 e. The summed E-state index contributed by atoms with van der Waals surface area (Å²) in [6.07, 6.45) is 0.338. The number of amides is 1. The highest BCUT2D eigenvalue weighted by Gasteiger charge is 2.10. The predicted molar refractivity (Wildman–Crippen MR) is 81.4 cm³/mol. The number of ether oxygens (including phenoxy) is 1. The Bertz CT molecular complexity index is 881. The summed E-state index contributed by atoms with van der Waals surface area (Å²) in [7, 11) is 0.